The fraction of sp³-hybridized carbons (Fsp3) is 0.850. The van der Waals surface area contributed by atoms with E-state index in [-0.39, 0.29) is 0 Å². The fourth-order valence-electron chi connectivity index (χ4n) is 4.88. The first-order valence-corrected chi connectivity index (χ1v) is 10.9. The van der Waals surface area contributed by atoms with E-state index < -0.39 is 0 Å². The van der Waals surface area contributed by atoms with E-state index in [1.165, 1.54) is 51.5 Å². The standard InChI is InChI=1S/C20H33N7/c1-14-23-24-19(25(14)2)12-21-20(22-16-5-6-16)26-11-9-18-15(13-26)4-3-10-27(18)17-7-8-17/h15-18H,3-13H2,1-2H3,(H,21,22). The fourth-order valence-corrected chi connectivity index (χ4v) is 4.88. The van der Waals surface area contributed by atoms with Gasteiger partial charge < -0.3 is 14.8 Å². The summed E-state index contributed by atoms with van der Waals surface area (Å²) in [4.78, 5) is 10.3. The third-order valence-electron chi connectivity index (χ3n) is 6.89. The number of nitrogens with one attached hydrogen (secondary N) is 1. The van der Waals surface area contributed by atoms with Crippen molar-refractivity contribution in [3.63, 3.8) is 0 Å². The predicted octanol–water partition coefficient (Wildman–Crippen LogP) is 1.68. The first-order chi connectivity index (χ1) is 13.2. The number of aromatic nitrogens is 3. The Morgan fingerprint density at radius 2 is 1.96 bits per heavy atom. The Kier molecular flexibility index (Phi) is 4.58. The number of guanidine groups is 1. The summed E-state index contributed by atoms with van der Waals surface area (Å²) in [6.45, 7) is 6.21. The van der Waals surface area contributed by atoms with Crippen LogP contribution in [-0.4, -0.2) is 68.3 Å². The van der Waals surface area contributed by atoms with Gasteiger partial charge in [0.25, 0.3) is 0 Å². The molecule has 3 heterocycles. The third kappa shape index (κ3) is 3.71. The van der Waals surface area contributed by atoms with Crippen LogP contribution in [0.1, 0.15) is 56.6 Å². The number of aryl methyl sites for hydroxylation is 1. The van der Waals surface area contributed by atoms with Gasteiger partial charge in [-0.3, -0.25) is 4.90 Å². The second-order valence-corrected chi connectivity index (χ2v) is 8.95. The van der Waals surface area contributed by atoms with E-state index in [1.54, 1.807) is 0 Å². The van der Waals surface area contributed by atoms with E-state index in [0.29, 0.717) is 12.6 Å². The van der Waals surface area contributed by atoms with Crippen LogP contribution in [0.15, 0.2) is 4.99 Å². The van der Waals surface area contributed by atoms with Crippen molar-refractivity contribution in [1.82, 2.24) is 29.9 Å². The molecule has 4 aliphatic rings. The molecule has 2 saturated carbocycles. The van der Waals surface area contributed by atoms with Gasteiger partial charge in [0.2, 0.25) is 0 Å². The summed E-state index contributed by atoms with van der Waals surface area (Å²) in [5.74, 6) is 3.78. The van der Waals surface area contributed by atoms with Crippen molar-refractivity contribution in [2.24, 2.45) is 18.0 Å². The van der Waals surface area contributed by atoms with Gasteiger partial charge in [0, 0.05) is 38.3 Å². The minimum absolute atomic E-state index is 0.602. The van der Waals surface area contributed by atoms with Crippen LogP contribution in [0.25, 0.3) is 0 Å². The summed E-state index contributed by atoms with van der Waals surface area (Å²) in [5.41, 5.74) is 0. The molecule has 7 nitrogen and oxygen atoms in total. The van der Waals surface area contributed by atoms with Crippen molar-refractivity contribution >= 4 is 5.96 Å². The van der Waals surface area contributed by atoms with Crippen LogP contribution in [0.2, 0.25) is 0 Å². The minimum atomic E-state index is 0.602. The molecule has 0 aromatic carbocycles. The predicted molar refractivity (Wildman–Crippen MR) is 105 cm³/mol. The van der Waals surface area contributed by atoms with E-state index in [4.69, 9.17) is 4.99 Å². The molecule has 5 rings (SSSR count). The van der Waals surface area contributed by atoms with Gasteiger partial charge in [-0.25, -0.2) is 4.99 Å². The van der Waals surface area contributed by atoms with E-state index in [0.717, 1.165) is 48.7 Å². The SMILES string of the molecule is Cc1nnc(CN=C(NC2CC2)N2CCC3C(CCCN3C3CC3)C2)n1C. The molecular weight excluding hydrogens is 338 g/mol. The lowest BCUT2D eigenvalue weighted by molar-refractivity contribution is 0.0369. The zero-order valence-corrected chi connectivity index (χ0v) is 16.8. The molecule has 0 spiro atoms. The van der Waals surface area contributed by atoms with E-state index >= 15 is 0 Å². The minimum Gasteiger partial charge on any atom is -0.353 e. The molecule has 1 aromatic rings. The summed E-state index contributed by atoms with van der Waals surface area (Å²) in [6.07, 6.45) is 9.44. The zero-order valence-electron chi connectivity index (χ0n) is 16.8. The van der Waals surface area contributed by atoms with Crippen molar-refractivity contribution < 1.29 is 0 Å². The number of aliphatic imine (C=N–C) groups is 1. The first-order valence-electron chi connectivity index (χ1n) is 10.9. The largest absolute Gasteiger partial charge is 0.353 e. The van der Waals surface area contributed by atoms with Crippen LogP contribution in [-0.2, 0) is 13.6 Å². The van der Waals surface area contributed by atoms with Gasteiger partial charge in [-0.1, -0.05) is 0 Å². The summed E-state index contributed by atoms with van der Waals surface area (Å²) < 4.78 is 2.04. The highest BCUT2D eigenvalue weighted by molar-refractivity contribution is 5.80. The molecule has 2 atom stereocenters. The van der Waals surface area contributed by atoms with Gasteiger partial charge in [-0.15, -0.1) is 10.2 Å². The second-order valence-electron chi connectivity index (χ2n) is 8.95. The summed E-state index contributed by atoms with van der Waals surface area (Å²) in [5, 5.41) is 12.2. The molecule has 2 saturated heterocycles. The molecule has 0 bridgehead atoms. The molecule has 1 aromatic heterocycles. The summed E-state index contributed by atoms with van der Waals surface area (Å²) in [7, 11) is 2.02. The molecule has 0 radical (unpaired) electrons. The number of fused-ring (bicyclic) bond motifs is 1. The molecule has 2 aliphatic carbocycles. The number of likely N-dealkylation sites (tertiary alicyclic amines) is 2. The molecule has 2 unspecified atom stereocenters. The van der Waals surface area contributed by atoms with Crippen molar-refractivity contribution in [3.05, 3.63) is 11.6 Å². The summed E-state index contributed by atoms with van der Waals surface area (Å²) >= 11 is 0. The molecule has 7 heteroatoms. The van der Waals surface area contributed by atoms with Crippen molar-refractivity contribution in [2.75, 3.05) is 19.6 Å². The van der Waals surface area contributed by atoms with Crippen molar-refractivity contribution in [1.29, 1.82) is 0 Å². The average molecular weight is 372 g/mol. The third-order valence-corrected chi connectivity index (χ3v) is 6.89. The lowest BCUT2D eigenvalue weighted by Crippen LogP contribution is -2.57. The topological polar surface area (TPSA) is 61.6 Å². The van der Waals surface area contributed by atoms with Gasteiger partial charge in [-0.05, 0) is 64.3 Å². The van der Waals surface area contributed by atoms with Crippen LogP contribution >= 0.6 is 0 Å². The first kappa shape index (κ1) is 17.5. The lowest BCUT2D eigenvalue weighted by atomic mass is 9.83. The van der Waals surface area contributed by atoms with E-state index in [2.05, 4.69) is 25.3 Å². The van der Waals surface area contributed by atoms with Gasteiger partial charge in [0.1, 0.15) is 12.4 Å². The maximum atomic E-state index is 4.97. The Labute approximate surface area is 162 Å². The van der Waals surface area contributed by atoms with Crippen LogP contribution in [0.5, 0.6) is 0 Å². The quantitative estimate of drug-likeness (QED) is 0.645. The molecular formula is C20H33N7. The number of nitrogens with zero attached hydrogens (tertiary/aromatic N) is 6. The number of hydrogen-bond donors (Lipinski definition) is 1. The van der Waals surface area contributed by atoms with Crippen LogP contribution in [0.4, 0.5) is 0 Å². The normalized spacial score (nSPS) is 29.7. The molecule has 148 valence electrons. The Balaban J connectivity index is 1.29. The Morgan fingerprint density at radius 3 is 2.67 bits per heavy atom. The van der Waals surface area contributed by atoms with Gasteiger partial charge in [0.15, 0.2) is 11.8 Å². The number of rotatable bonds is 4. The second kappa shape index (κ2) is 7.08. The Morgan fingerprint density at radius 1 is 1.11 bits per heavy atom. The highest BCUT2D eigenvalue weighted by Crippen LogP contribution is 2.38. The molecule has 27 heavy (non-hydrogen) atoms. The van der Waals surface area contributed by atoms with Gasteiger partial charge in [0.05, 0.1) is 0 Å². The van der Waals surface area contributed by atoms with Crippen LogP contribution < -0.4 is 5.32 Å². The molecule has 4 fully saturated rings. The monoisotopic (exact) mass is 371 g/mol. The van der Waals surface area contributed by atoms with Gasteiger partial charge >= 0.3 is 0 Å². The van der Waals surface area contributed by atoms with Crippen LogP contribution in [0.3, 0.4) is 0 Å². The number of hydrogen-bond acceptors (Lipinski definition) is 4. The zero-order chi connectivity index (χ0) is 18.4. The van der Waals surface area contributed by atoms with Crippen molar-refractivity contribution in [2.45, 2.75) is 76.5 Å². The highest BCUT2D eigenvalue weighted by atomic mass is 15.3. The maximum Gasteiger partial charge on any atom is 0.194 e. The van der Waals surface area contributed by atoms with Crippen molar-refractivity contribution in [3.8, 4) is 0 Å². The molecule has 2 aliphatic heterocycles. The smallest absolute Gasteiger partial charge is 0.194 e. The van der Waals surface area contributed by atoms with Gasteiger partial charge in [-0.2, -0.15) is 0 Å². The lowest BCUT2D eigenvalue weighted by Gasteiger charge is -2.48. The molecule has 0 amide bonds. The number of piperidine rings is 2. The average Bonchev–Trinajstić information content (AvgIpc) is 3.60. The summed E-state index contributed by atoms with van der Waals surface area (Å²) in [6, 6.07) is 2.34. The Bertz CT molecular complexity index is 703. The highest BCUT2D eigenvalue weighted by Gasteiger charge is 2.42. The van der Waals surface area contributed by atoms with E-state index in [9.17, 15) is 0 Å². The Hall–Kier alpha value is -1.63. The molecule has 1 N–H and O–H groups in total. The maximum absolute atomic E-state index is 4.97. The van der Waals surface area contributed by atoms with Crippen LogP contribution in [0, 0.1) is 12.8 Å². The van der Waals surface area contributed by atoms with E-state index in [1.807, 2.05) is 18.5 Å².